The number of nitrogens with zero attached hydrogens (tertiary/aromatic N) is 1. The van der Waals surface area contributed by atoms with Crippen molar-refractivity contribution in [3.05, 3.63) is 28.2 Å². The van der Waals surface area contributed by atoms with E-state index in [4.69, 9.17) is 4.74 Å². The lowest BCUT2D eigenvalue weighted by atomic mass is 10.1. The highest BCUT2D eigenvalue weighted by atomic mass is 79.9. The number of benzene rings is 1. The smallest absolute Gasteiger partial charge is 0.259 e. The second kappa shape index (κ2) is 6.02. The fourth-order valence-electron chi connectivity index (χ4n) is 1.25. The Hall–Kier alpha value is -1.07. The van der Waals surface area contributed by atoms with Gasteiger partial charge in [-0.15, -0.1) is 0 Å². The van der Waals surface area contributed by atoms with Crippen LogP contribution in [0, 0.1) is 0 Å². The van der Waals surface area contributed by atoms with Gasteiger partial charge in [0.05, 0.1) is 6.10 Å². The zero-order chi connectivity index (χ0) is 13.0. The summed E-state index contributed by atoms with van der Waals surface area (Å²) in [7, 11) is 3.34. The molecule has 0 aliphatic heterocycles. The lowest BCUT2D eigenvalue weighted by molar-refractivity contribution is -0.130. The standard InChI is InChI=1S/C12H16BrNO3/c1-8(15)10-6-9(13)4-5-11(10)17-7-12(16)14(2)3/h4-6,8,15H,7H2,1-3H3/t8-/m0/s1. The fourth-order valence-corrected chi connectivity index (χ4v) is 1.62. The molecule has 1 amide bonds. The molecule has 0 bridgehead atoms. The number of amides is 1. The van der Waals surface area contributed by atoms with Gasteiger partial charge >= 0.3 is 0 Å². The normalized spacial score (nSPS) is 12.1. The summed E-state index contributed by atoms with van der Waals surface area (Å²) in [6.45, 7) is 1.62. The first kappa shape index (κ1) is 14.0. The summed E-state index contributed by atoms with van der Waals surface area (Å²) in [5, 5.41) is 9.61. The van der Waals surface area contributed by atoms with Crippen LogP contribution in [0.4, 0.5) is 0 Å². The summed E-state index contributed by atoms with van der Waals surface area (Å²) in [6, 6.07) is 5.32. The van der Waals surface area contributed by atoms with Crippen LogP contribution in [0.15, 0.2) is 22.7 Å². The van der Waals surface area contributed by atoms with E-state index in [1.807, 2.05) is 0 Å². The number of likely N-dealkylation sites (N-methyl/N-ethyl adjacent to an activating group) is 1. The molecule has 4 nitrogen and oxygen atoms in total. The van der Waals surface area contributed by atoms with E-state index in [0.29, 0.717) is 11.3 Å². The predicted octanol–water partition coefficient (Wildman–Crippen LogP) is 1.97. The van der Waals surface area contributed by atoms with Crippen LogP contribution in [0.3, 0.4) is 0 Å². The highest BCUT2D eigenvalue weighted by Gasteiger charge is 2.12. The molecule has 5 heteroatoms. The van der Waals surface area contributed by atoms with Crippen LogP contribution < -0.4 is 4.74 Å². The van der Waals surface area contributed by atoms with Gasteiger partial charge in [-0.1, -0.05) is 15.9 Å². The molecular formula is C12H16BrNO3. The highest BCUT2D eigenvalue weighted by molar-refractivity contribution is 9.10. The number of carbonyl (C=O) groups is 1. The molecule has 0 heterocycles. The molecule has 1 rings (SSSR count). The highest BCUT2D eigenvalue weighted by Crippen LogP contribution is 2.28. The van der Waals surface area contributed by atoms with Gasteiger partial charge in [-0.2, -0.15) is 0 Å². The van der Waals surface area contributed by atoms with Gasteiger partial charge in [-0.05, 0) is 25.1 Å². The molecule has 17 heavy (non-hydrogen) atoms. The van der Waals surface area contributed by atoms with Crippen LogP contribution in [0.25, 0.3) is 0 Å². The average Bonchev–Trinajstić information content (AvgIpc) is 2.26. The maximum absolute atomic E-state index is 11.4. The van der Waals surface area contributed by atoms with E-state index in [0.717, 1.165) is 4.47 Å². The number of aliphatic hydroxyl groups is 1. The zero-order valence-electron chi connectivity index (χ0n) is 10.1. The molecule has 0 saturated heterocycles. The second-order valence-electron chi connectivity index (χ2n) is 3.93. The number of carbonyl (C=O) groups excluding carboxylic acids is 1. The van der Waals surface area contributed by atoms with E-state index < -0.39 is 6.10 Å². The molecule has 0 saturated carbocycles. The van der Waals surface area contributed by atoms with Crippen LogP contribution in [0.5, 0.6) is 5.75 Å². The quantitative estimate of drug-likeness (QED) is 0.925. The Bertz CT molecular complexity index is 405. The molecule has 1 atom stereocenters. The van der Waals surface area contributed by atoms with Crippen molar-refractivity contribution in [1.29, 1.82) is 0 Å². The van der Waals surface area contributed by atoms with Gasteiger partial charge in [0.15, 0.2) is 6.61 Å². The van der Waals surface area contributed by atoms with Gasteiger partial charge in [0, 0.05) is 24.1 Å². The molecule has 0 aromatic heterocycles. The van der Waals surface area contributed by atoms with Crippen LogP contribution in [0.1, 0.15) is 18.6 Å². The molecule has 94 valence electrons. The first-order chi connectivity index (χ1) is 7.91. The van der Waals surface area contributed by atoms with Gasteiger partial charge in [0.2, 0.25) is 0 Å². The lowest BCUT2D eigenvalue weighted by Gasteiger charge is -2.15. The van der Waals surface area contributed by atoms with Gasteiger partial charge in [-0.25, -0.2) is 0 Å². The minimum absolute atomic E-state index is 0.0334. The lowest BCUT2D eigenvalue weighted by Crippen LogP contribution is -2.27. The average molecular weight is 302 g/mol. The third-order valence-corrected chi connectivity index (χ3v) is 2.77. The van der Waals surface area contributed by atoms with E-state index >= 15 is 0 Å². The van der Waals surface area contributed by atoms with Crippen LogP contribution in [-0.4, -0.2) is 36.6 Å². The van der Waals surface area contributed by atoms with Crippen molar-refractivity contribution in [3.8, 4) is 5.75 Å². The predicted molar refractivity (Wildman–Crippen MR) is 69.0 cm³/mol. The van der Waals surface area contributed by atoms with Crippen LogP contribution >= 0.6 is 15.9 Å². The maximum Gasteiger partial charge on any atom is 0.259 e. The van der Waals surface area contributed by atoms with Crippen LogP contribution in [-0.2, 0) is 4.79 Å². The van der Waals surface area contributed by atoms with Gasteiger partial charge in [0.25, 0.3) is 5.91 Å². The van der Waals surface area contributed by atoms with E-state index in [2.05, 4.69) is 15.9 Å². The molecule has 1 aromatic carbocycles. The Labute approximate surface area is 109 Å². The van der Waals surface area contributed by atoms with Crippen molar-refractivity contribution in [1.82, 2.24) is 4.90 Å². The molecule has 0 spiro atoms. The zero-order valence-corrected chi connectivity index (χ0v) is 11.7. The monoisotopic (exact) mass is 301 g/mol. The topological polar surface area (TPSA) is 49.8 Å². The van der Waals surface area contributed by atoms with Crippen molar-refractivity contribution < 1.29 is 14.6 Å². The van der Waals surface area contributed by atoms with Gasteiger partial charge in [-0.3, -0.25) is 4.79 Å². The SMILES string of the molecule is C[C@H](O)c1cc(Br)ccc1OCC(=O)N(C)C. The Morgan fingerprint density at radius 2 is 2.18 bits per heavy atom. The summed E-state index contributed by atoms with van der Waals surface area (Å²) in [4.78, 5) is 12.9. The Kier molecular flexibility index (Phi) is 4.96. The van der Waals surface area contributed by atoms with Crippen molar-refractivity contribution in [2.24, 2.45) is 0 Å². The van der Waals surface area contributed by atoms with E-state index in [9.17, 15) is 9.90 Å². The van der Waals surface area contributed by atoms with E-state index in [-0.39, 0.29) is 12.5 Å². The number of rotatable bonds is 4. The van der Waals surface area contributed by atoms with Crippen molar-refractivity contribution >= 4 is 21.8 Å². The molecule has 0 radical (unpaired) electrons. The molecule has 1 aromatic rings. The molecule has 0 aliphatic rings. The number of halogens is 1. The summed E-state index contributed by atoms with van der Waals surface area (Å²) in [5.74, 6) is 0.405. The molecule has 0 fully saturated rings. The number of ether oxygens (including phenoxy) is 1. The molecule has 0 unspecified atom stereocenters. The summed E-state index contributed by atoms with van der Waals surface area (Å²) in [5.41, 5.74) is 0.658. The van der Waals surface area contributed by atoms with E-state index in [1.165, 1.54) is 4.90 Å². The minimum Gasteiger partial charge on any atom is -0.483 e. The molecular weight excluding hydrogens is 286 g/mol. The third-order valence-electron chi connectivity index (χ3n) is 2.27. The molecule has 1 N–H and O–H groups in total. The molecule has 0 aliphatic carbocycles. The van der Waals surface area contributed by atoms with Crippen molar-refractivity contribution in [2.75, 3.05) is 20.7 Å². The first-order valence-electron chi connectivity index (χ1n) is 5.22. The number of hydrogen-bond acceptors (Lipinski definition) is 3. The minimum atomic E-state index is -0.642. The second-order valence-corrected chi connectivity index (χ2v) is 4.85. The van der Waals surface area contributed by atoms with Crippen LogP contribution in [0.2, 0.25) is 0 Å². The third kappa shape index (κ3) is 4.02. The number of hydrogen-bond donors (Lipinski definition) is 1. The Morgan fingerprint density at radius 3 is 2.71 bits per heavy atom. The fraction of sp³-hybridized carbons (Fsp3) is 0.417. The maximum atomic E-state index is 11.4. The van der Waals surface area contributed by atoms with E-state index in [1.54, 1.807) is 39.2 Å². The summed E-state index contributed by atoms with van der Waals surface area (Å²) in [6.07, 6.45) is -0.642. The van der Waals surface area contributed by atoms with Gasteiger partial charge in [0.1, 0.15) is 5.75 Å². The van der Waals surface area contributed by atoms with Crippen molar-refractivity contribution in [3.63, 3.8) is 0 Å². The van der Waals surface area contributed by atoms with Gasteiger partial charge < -0.3 is 14.7 Å². The Balaban J connectivity index is 2.80. The largest absolute Gasteiger partial charge is 0.483 e. The summed E-state index contributed by atoms with van der Waals surface area (Å²) >= 11 is 3.33. The summed E-state index contributed by atoms with van der Waals surface area (Å²) < 4.78 is 6.27. The first-order valence-corrected chi connectivity index (χ1v) is 6.01. The van der Waals surface area contributed by atoms with Crippen molar-refractivity contribution in [2.45, 2.75) is 13.0 Å². The number of aliphatic hydroxyl groups excluding tert-OH is 1. The Morgan fingerprint density at radius 1 is 1.53 bits per heavy atom.